The number of hydrogen-bond acceptors (Lipinski definition) is 5. The van der Waals surface area contributed by atoms with Gasteiger partial charge in [-0.25, -0.2) is 8.42 Å². The summed E-state index contributed by atoms with van der Waals surface area (Å²) in [6, 6.07) is 15.3. The van der Waals surface area contributed by atoms with Crippen LogP contribution in [0.25, 0.3) is 11.4 Å². The molecule has 0 spiro atoms. The highest BCUT2D eigenvalue weighted by Crippen LogP contribution is 2.28. The van der Waals surface area contributed by atoms with E-state index in [9.17, 15) is 13.2 Å². The van der Waals surface area contributed by atoms with Gasteiger partial charge >= 0.3 is 0 Å². The maximum atomic E-state index is 13.1. The Hall–Kier alpha value is -3.00. The fourth-order valence-corrected chi connectivity index (χ4v) is 5.13. The molecule has 0 atom stereocenters. The molecule has 0 radical (unpaired) electrons. The van der Waals surface area contributed by atoms with Crippen LogP contribution in [0.2, 0.25) is 0 Å². The summed E-state index contributed by atoms with van der Waals surface area (Å²) in [5, 5.41) is 8.00. The van der Waals surface area contributed by atoms with E-state index in [2.05, 4.69) is 10.2 Å². The minimum atomic E-state index is -3.95. The smallest absolute Gasteiger partial charge is 0.250 e. The van der Waals surface area contributed by atoms with E-state index in [0.29, 0.717) is 25.3 Å². The molecule has 30 heavy (non-hydrogen) atoms. The molecule has 0 fully saturated rings. The molecule has 7 nitrogen and oxygen atoms in total. The zero-order valence-corrected chi connectivity index (χ0v) is 17.9. The summed E-state index contributed by atoms with van der Waals surface area (Å²) in [5.74, 6) is -0.571. The lowest BCUT2D eigenvalue weighted by molar-refractivity contribution is -0.116. The van der Waals surface area contributed by atoms with Crippen LogP contribution in [0, 0.1) is 6.92 Å². The molecule has 1 aliphatic rings. The maximum absolute atomic E-state index is 13.1. The Bertz CT molecular complexity index is 1200. The number of amides is 1. The van der Waals surface area contributed by atoms with Gasteiger partial charge in [-0.1, -0.05) is 48.9 Å². The number of aromatic nitrogens is 3. The standard InChI is InChI=1S/C22H24N4O3S/c1-3-12-26-21(18-9-6-7-16(2)14-18)23-24-22(26)30(28,29)15-20(27)25-13-11-17-8-4-5-10-19(17)25/h4-10,14H,3,11-13,15H2,1-2H3. The Kier molecular flexibility index (Phi) is 5.42. The molecule has 3 aromatic rings. The highest BCUT2D eigenvalue weighted by molar-refractivity contribution is 7.92. The number of para-hydroxylation sites is 1. The lowest BCUT2D eigenvalue weighted by atomic mass is 10.1. The van der Waals surface area contributed by atoms with E-state index in [1.807, 2.05) is 62.4 Å². The van der Waals surface area contributed by atoms with Gasteiger partial charge in [-0.2, -0.15) is 0 Å². The molecular weight excluding hydrogens is 400 g/mol. The SMILES string of the molecule is CCCn1c(-c2cccc(C)c2)nnc1S(=O)(=O)CC(=O)N1CCc2ccccc21. The van der Waals surface area contributed by atoms with E-state index in [4.69, 9.17) is 0 Å². The lowest BCUT2D eigenvalue weighted by Gasteiger charge is -2.17. The topological polar surface area (TPSA) is 85.2 Å². The molecule has 0 aliphatic carbocycles. The van der Waals surface area contributed by atoms with Gasteiger partial charge in [0.25, 0.3) is 5.16 Å². The van der Waals surface area contributed by atoms with Gasteiger partial charge in [0.05, 0.1) is 0 Å². The summed E-state index contributed by atoms with van der Waals surface area (Å²) in [5.41, 5.74) is 3.69. The highest BCUT2D eigenvalue weighted by atomic mass is 32.2. The average Bonchev–Trinajstić information content (AvgIpc) is 3.33. The summed E-state index contributed by atoms with van der Waals surface area (Å²) in [6.07, 6.45) is 1.44. The fraction of sp³-hybridized carbons (Fsp3) is 0.318. The van der Waals surface area contributed by atoms with Crippen molar-refractivity contribution >= 4 is 21.4 Å². The van der Waals surface area contributed by atoms with Gasteiger partial charge in [0.15, 0.2) is 5.82 Å². The first kappa shape index (κ1) is 20.3. The van der Waals surface area contributed by atoms with Gasteiger partial charge in [0.2, 0.25) is 15.7 Å². The van der Waals surface area contributed by atoms with Gasteiger partial charge in [-0.3, -0.25) is 9.36 Å². The van der Waals surface area contributed by atoms with Crippen molar-refractivity contribution in [2.45, 2.75) is 38.4 Å². The van der Waals surface area contributed by atoms with Gasteiger partial charge in [-0.15, -0.1) is 10.2 Å². The minimum Gasteiger partial charge on any atom is -0.311 e. The van der Waals surface area contributed by atoms with E-state index >= 15 is 0 Å². The van der Waals surface area contributed by atoms with Crippen LogP contribution in [0.4, 0.5) is 5.69 Å². The van der Waals surface area contributed by atoms with Crippen molar-refractivity contribution in [3.8, 4) is 11.4 Å². The second-order valence-electron chi connectivity index (χ2n) is 7.51. The molecule has 0 unspecified atom stereocenters. The summed E-state index contributed by atoms with van der Waals surface area (Å²) >= 11 is 0. The summed E-state index contributed by atoms with van der Waals surface area (Å²) < 4.78 is 27.9. The molecule has 4 rings (SSSR count). The summed E-state index contributed by atoms with van der Waals surface area (Å²) in [6.45, 7) is 4.87. The van der Waals surface area contributed by atoms with Crippen LogP contribution in [0.5, 0.6) is 0 Å². The number of nitrogens with zero attached hydrogens (tertiary/aromatic N) is 4. The average molecular weight is 425 g/mol. The van der Waals surface area contributed by atoms with Crippen molar-refractivity contribution in [2.75, 3.05) is 17.2 Å². The number of rotatable bonds is 6. The first-order chi connectivity index (χ1) is 14.4. The molecule has 0 N–H and O–H groups in total. The van der Waals surface area contributed by atoms with Crippen LogP contribution >= 0.6 is 0 Å². The van der Waals surface area contributed by atoms with E-state index in [0.717, 1.165) is 28.8 Å². The van der Waals surface area contributed by atoms with E-state index in [1.54, 1.807) is 9.47 Å². The number of benzene rings is 2. The Morgan fingerprint density at radius 3 is 2.67 bits per heavy atom. The zero-order chi connectivity index (χ0) is 21.3. The van der Waals surface area contributed by atoms with Crippen molar-refractivity contribution in [3.63, 3.8) is 0 Å². The van der Waals surface area contributed by atoms with Crippen LogP contribution in [0.15, 0.2) is 53.7 Å². The number of fused-ring (bicyclic) bond motifs is 1. The molecule has 8 heteroatoms. The fourth-order valence-electron chi connectivity index (χ4n) is 3.84. The molecule has 1 aromatic heterocycles. The van der Waals surface area contributed by atoms with Gasteiger partial charge < -0.3 is 4.90 Å². The normalized spacial score (nSPS) is 13.5. The Labute approximate surface area is 176 Å². The number of aryl methyl sites for hydroxylation is 1. The minimum absolute atomic E-state index is 0.151. The lowest BCUT2D eigenvalue weighted by Crippen LogP contribution is -2.35. The molecule has 0 saturated heterocycles. The molecule has 2 heterocycles. The van der Waals surface area contributed by atoms with Crippen LogP contribution < -0.4 is 4.90 Å². The predicted molar refractivity (Wildman–Crippen MR) is 115 cm³/mol. The number of carbonyl (C=O) groups excluding carboxylic acids is 1. The van der Waals surface area contributed by atoms with Crippen LogP contribution in [0.1, 0.15) is 24.5 Å². The first-order valence-corrected chi connectivity index (χ1v) is 11.7. The molecule has 1 amide bonds. The zero-order valence-electron chi connectivity index (χ0n) is 17.1. The summed E-state index contributed by atoms with van der Waals surface area (Å²) in [7, 11) is -3.95. The third-order valence-electron chi connectivity index (χ3n) is 5.22. The van der Waals surface area contributed by atoms with E-state index < -0.39 is 21.5 Å². The van der Waals surface area contributed by atoms with Crippen LogP contribution in [-0.4, -0.2) is 41.4 Å². The molecule has 2 aromatic carbocycles. The largest absolute Gasteiger partial charge is 0.311 e. The Morgan fingerprint density at radius 1 is 1.10 bits per heavy atom. The number of anilines is 1. The van der Waals surface area contributed by atoms with Crippen molar-refractivity contribution < 1.29 is 13.2 Å². The molecule has 0 saturated carbocycles. The molecule has 1 aliphatic heterocycles. The molecule has 156 valence electrons. The second kappa shape index (κ2) is 8.02. The quantitative estimate of drug-likeness (QED) is 0.607. The van der Waals surface area contributed by atoms with E-state index in [-0.39, 0.29) is 5.16 Å². The van der Waals surface area contributed by atoms with Gasteiger partial charge in [0, 0.05) is 24.3 Å². The molecule has 0 bridgehead atoms. The van der Waals surface area contributed by atoms with Crippen LogP contribution in [0.3, 0.4) is 0 Å². The number of sulfone groups is 1. The Balaban J connectivity index is 1.65. The van der Waals surface area contributed by atoms with Crippen molar-refractivity contribution in [1.82, 2.24) is 14.8 Å². The second-order valence-corrected chi connectivity index (χ2v) is 9.39. The maximum Gasteiger partial charge on any atom is 0.250 e. The monoisotopic (exact) mass is 424 g/mol. The van der Waals surface area contributed by atoms with Crippen LogP contribution in [-0.2, 0) is 27.6 Å². The predicted octanol–water partition coefficient (Wildman–Crippen LogP) is 3.03. The summed E-state index contributed by atoms with van der Waals surface area (Å²) in [4.78, 5) is 14.4. The number of carbonyl (C=O) groups is 1. The van der Waals surface area contributed by atoms with E-state index in [1.165, 1.54) is 0 Å². The Morgan fingerprint density at radius 2 is 1.90 bits per heavy atom. The third kappa shape index (κ3) is 3.75. The van der Waals surface area contributed by atoms with Crippen molar-refractivity contribution in [1.29, 1.82) is 0 Å². The van der Waals surface area contributed by atoms with Gasteiger partial charge in [0.1, 0.15) is 5.75 Å². The first-order valence-electron chi connectivity index (χ1n) is 10.0. The number of hydrogen-bond donors (Lipinski definition) is 0. The van der Waals surface area contributed by atoms with Gasteiger partial charge in [-0.05, 0) is 37.5 Å². The highest BCUT2D eigenvalue weighted by Gasteiger charge is 2.32. The third-order valence-corrected chi connectivity index (χ3v) is 6.71. The van der Waals surface area contributed by atoms with Crippen molar-refractivity contribution in [2.24, 2.45) is 0 Å². The van der Waals surface area contributed by atoms with Crippen molar-refractivity contribution in [3.05, 3.63) is 59.7 Å². The molecular formula is C22H24N4O3S.